The van der Waals surface area contributed by atoms with Crippen LogP contribution in [0, 0.1) is 0 Å². The van der Waals surface area contributed by atoms with Gasteiger partial charge in [-0.2, -0.15) is 0 Å². The van der Waals surface area contributed by atoms with Crippen molar-refractivity contribution >= 4 is 17.9 Å². The van der Waals surface area contributed by atoms with Crippen LogP contribution in [0.3, 0.4) is 0 Å². The summed E-state index contributed by atoms with van der Waals surface area (Å²) in [6.45, 7) is 3.38. The van der Waals surface area contributed by atoms with Gasteiger partial charge in [0.05, 0.1) is 33.5 Å². The normalized spacial score (nSPS) is 15.6. The number of amides is 3. The molecule has 0 fully saturated rings. The molecule has 3 rings (SSSR count). The van der Waals surface area contributed by atoms with Gasteiger partial charge >= 0.3 is 12.0 Å². The molecule has 1 aliphatic heterocycles. The summed E-state index contributed by atoms with van der Waals surface area (Å²) in [7, 11) is 4.37. The van der Waals surface area contributed by atoms with Crippen molar-refractivity contribution in [3.63, 3.8) is 0 Å². The highest BCUT2D eigenvalue weighted by Gasteiger charge is 2.43. The Morgan fingerprint density at radius 3 is 2.12 bits per heavy atom. The van der Waals surface area contributed by atoms with Crippen molar-refractivity contribution in [1.29, 1.82) is 0 Å². The van der Waals surface area contributed by atoms with Gasteiger partial charge in [-0.1, -0.05) is 18.2 Å². The van der Waals surface area contributed by atoms with Crippen LogP contribution in [0.15, 0.2) is 53.7 Å². The van der Waals surface area contributed by atoms with Crippen molar-refractivity contribution in [2.45, 2.75) is 19.9 Å². The molecule has 9 heteroatoms. The zero-order chi connectivity index (χ0) is 24.1. The number of carbonyl (C=O) groups is 3. The molecule has 0 radical (unpaired) electrons. The maximum Gasteiger partial charge on any atom is 0.338 e. The van der Waals surface area contributed by atoms with Crippen LogP contribution in [0.2, 0.25) is 0 Å². The van der Waals surface area contributed by atoms with Gasteiger partial charge in [0.1, 0.15) is 6.04 Å². The van der Waals surface area contributed by atoms with Crippen LogP contribution in [-0.2, 0) is 9.53 Å². The Balaban J connectivity index is 2.27. The molecule has 174 valence electrons. The van der Waals surface area contributed by atoms with E-state index in [9.17, 15) is 14.4 Å². The van der Waals surface area contributed by atoms with Gasteiger partial charge in [-0.15, -0.1) is 0 Å². The third-order valence-corrected chi connectivity index (χ3v) is 5.19. The van der Waals surface area contributed by atoms with E-state index in [0.717, 1.165) is 4.90 Å². The minimum Gasteiger partial charge on any atom is -0.493 e. The summed E-state index contributed by atoms with van der Waals surface area (Å²) in [4.78, 5) is 40.5. The number of nitrogens with zero attached hydrogens (tertiary/aromatic N) is 1. The lowest BCUT2D eigenvalue weighted by atomic mass is 9.92. The average Bonchev–Trinajstić information content (AvgIpc) is 2.82. The summed E-state index contributed by atoms with van der Waals surface area (Å²) < 4.78 is 21.5. The SMILES string of the molecule is CCOC(=O)C1=C(C)NC(=O)N(C(=O)c2ccccc2)C1c1cc(OC)c(OC)c(OC)c1. The van der Waals surface area contributed by atoms with Gasteiger partial charge in [0.15, 0.2) is 11.5 Å². The molecule has 3 amide bonds. The van der Waals surface area contributed by atoms with Gasteiger partial charge in [0, 0.05) is 11.3 Å². The molecule has 1 N–H and O–H groups in total. The molecule has 0 aromatic heterocycles. The molecular formula is C24H26N2O7. The Kier molecular flexibility index (Phi) is 7.22. The summed E-state index contributed by atoms with van der Waals surface area (Å²) in [6, 6.07) is 9.76. The first kappa shape index (κ1) is 23.6. The van der Waals surface area contributed by atoms with Crippen LogP contribution in [0.1, 0.15) is 35.8 Å². The number of ether oxygens (including phenoxy) is 4. The van der Waals surface area contributed by atoms with E-state index in [1.54, 1.807) is 56.3 Å². The Morgan fingerprint density at radius 1 is 1.00 bits per heavy atom. The molecule has 2 aromatic rings. The summed E-state index contributed by atoms with van der Waals surface area (Å²) in [5, 5.41) is 2.61. The fourth-order valence-corrected chi connectivity index (χ4v) is 3.72. The van der Waals surface area contributed by atoms with E-state index in [4.69, 9.17) is 18.9 Å². The fraction of sp³-hybridized carbons (Fsp3) is 0.292. The van der Waals surface area contributed by atoms with Crippen molar-refractivity contribution < 1.29 is 33.3 Å². The molecule has 1 unspecified atom stereocenters. The summed E-state index contributed by atoms with van der Waals surface area (Å²) >= 11 is 0. The first-order chi connectivity index (χ1) is 15.9. The molecule has 1 atom stereocenters. The number of carbonyl (C=O) groups excluding carboxylic acids is 3. The molecule has 0 bridgehead atoms. The second-order valence-electron chi connectivity index (χ2n) is 7.09. The first-order valence-electron chi connectivity index (χ1n) is 10.2. The lowest BCUT2D eigenvalue weighted by Crippen LogP contribution is -2.51. The Labute approximate surface area is 191 Å². The number of esters is 1. The molecule has 9 nitrogen and oxygen atoms in total. The van der Waals surface area contributed by atoms with E-state index in [0.29, 0.717) is 22.8 Å². The number of hydrogen-bond donors (Lipinski definition) is 1. The lowest BCUT2D eigenvalue weighted by molar-refractivity contribution is -0.139. The highest BCUT2D eigenvalue weighted by atomic mass is 16.5. The van der Waals surface area contributed by atoms with Gasteiger partial charge in [-0.05, 0) is 43.7 Å². The highest BCUT2D eigenvalue weighted by molar-refractivity contribution is 6.08. The molecular weight excluding hydrogens is 428 g/mol. The third kappa shape index (κ3) is 4.48. The van der Waals surface area contributed by atoms with Crippen LogP contribution in [0.5, 0.6) is 17.2 Å². The minimum absolute atomic E-state index is 0.120. The van der Waals surface area contributed by atoms with Crippen LogP contribution in [0.25, 0.3) is 0 Å². The number of imide groups is 1. The number of urea groups is 1. The van der Waals surface area contributed by atoms with Gasteiger partial charge in [0.2, 0.25) is 5.75 Å². The number of benzene rings is 2. The van der Waals surface area contributed by atoms with E-state index in [2.05, 4.69) is 5.32 Å². The van der Waals surface area contributed by atoms with Crippen LogP contribution in [-0.4, -0.2) is 50.7 Å². The second-order valence-corrected chi connectivity index (χ2v) is 7.09. The molecule has 0 saturated heterocycles. The largest absolute Gasteiger partial charge is 0.493 e. The second kappa shape index (κ2) is 10.1. The van der Waals surface area contributed by atoms with Gasteiger partial charge in [-0.25, -0.2) is 14.5 Å². The number of methoxy groups -OCH3 is 3. The Hall–Kier alpha value is -4.01. The molecule has 1 heterocycles. The Morgan fingerprint density at radius 2 is 1.61 bits per heavy atom. The van der Waals surface area contributed by atoms with Crippen molar-refractivity contribution in [2.24, 2.45) is 0 Å². The number of nitrogens with one attached hydrogen (secondary N) is 1. The van der Waals surface area contributed by atoms with Crippen molar-refractivity contribution in [2.75, 3.05) is 27.9 Å². The first-order valence-corrected chi connectivity index (χ1v) is 10.2. The van der Waals surface area contributed by atoms with Crippen LogP contribution >= 0.6 is 0 Å². The van der Waals surface area contributed by atoms with Crippen molar-refractivity contribution in [3.8, 4) is 17.2 Å². The predicted octanol–water partition coefficient (Wildman–Crippen LogP) is 3.46. The summed E-state index contributed by atoms with van der Waals surface area (Å²) in [5.74, 6) is -0.277. The standard InChI is InChI=1S/C24H26N2O7/c1-6-33-23(28)19-14(2)25-24(29)26(22(27)15-10-8-7-9-11-15)20(19)16-12-17(30-3)21(32-5)18(13-16)31-4/h7-13,20H,6H2,1-5H3,(H,25,29). The topological polar surface area (TPSA) is 103 Å². The lowest BCUT2D eigenvalue weighted by Gasteiger charge is -2.36. The molecule has 0 saturated carbocycles. The predicted molar refractivity (Wildman–Crippen MR) is 119 cm³/mol. The third-order valence-electron chi connectivity index (χ3n) is 5.19. The number of allylic oxidation sites excluding steroid dienone is 1. The molecule has 1 aliphatic rings. The van der Waals surface area contributed by atoms with Gasteiger partial charge in [0.25, 0.3) is 5.91 Å². The molecule has 2 aromatic carbocycles. The van der Waals surface area contributed by atoms with Gasteiger partial charge < -0.3 is 24.3 Å². The highest BCUT2D eigenvalue weighted by Crippen LogP contribution is 2.44. The molecule has 0 spiro atoms. The van der Waals surface area contributed by atoms with Crippen molar-refractivity contribution in [3.05, 3.63) is 64.9 Å². The van der Waals surface area contributed by atoms with E-state index in [-0.39, 0.29) is 23.4 Å². The fourth-order valence-electron chi connectivity index (χ4n) is 3.72. The number of rotatable bonds is 7. The quantitative estimate of drug-likeness (QED) is 0.639. The maximum absolute atomic E-state index is 13.5. The van der Waals surface area contributed by atoms with E-state index >= 15 is 0 Å². The Bertz CT molecular complexity index is 1070. The summed E-state index contributed by atoms with van der Waals surface area (Å²) in [6.07, 6.45) is 0. The molecule has 0 aliphatic carbocycles. The van der Waals surface area contributed by atoms with E-state index in [1.807, 2.05) is 0 Å². The monoisotopic (exact) mass is 454 g/mol. The minimum atomic E-state index is -1.10. The zero-order valence-corrected chi connectivity index (χ0v) is 19.1. The average molecular weight is 454 g/mol. The van der Waals surface area contributed by atoms with Crippen molar-refractivity contribution in [1.82, 2.24) is 10.2 Å². The maximum atomic E-state index is 13.5. The van der Waals surface area contributed by atoms with Crippen LogP contribution in [0.4, 0.5) is 4.79 Å². The van der Waals surface area contributed by atoms with Gasteiger partial charge in [-0.3, -0.25) is 4.79 Å². The summed E-state index contributed by atoms with van der Waals surface area (Å²) in [5.41, 5.74) is 1.10. The van der Waals surface area contributed by atoms with E-state index in [1.165, 1.54) is 21.3 Å². The number of hydrogen-bond acceptors (Lipinski definition) is 7. The smallest absolute Gasteiger partial charge is 0.338 e. The zero-order valence-electron chi connectivity index (χ0n) is 19.1. The van der Waals surface area contributed by atoms with E-state index < -0.39 is 23.9 Å². The van der Waals surface area contributed by atoms with Crippen LogP contribution < -0.4 is 19.5 Å². The molecule has 33 heavy (non-hydrogen) atoms.